The van der Waals surface area contributed by atoms with Crippen molar-refractivity contribution in [3.63, 3.8) is 0 Å². The van der Waals surface area contributed by atoms with E-state index >= 15 is 0 Å². The minimum atomic E-state index is -0.0169. The number of rotatable bonds is 6. The minimum Gasteiger partial charge on any atom is -0.493 e. The van der Waals surface area contributed by atoms with Gasteiger partial charge in [0.1, 0.15) is 6.10 Å². The average molecular weight is 279 g/mol. The summed E-state index contributed by atoms with van der Waals surface area (Å²) in [6.07, 6.45) is 6.34. The van der Waals surface area contributed by atoms with Crippen LogP contribution in [0.15, 0.2) is 18.2 Å². The molecule has 112 valence electrons. The van der Waals surface area contributed by atoms with Crippen LogP contribution >= 0.6 is 0 Å². The predicted molar refractivity (Wildman–Crippen MR) is 79.1 cm³/mol. The van der Waals surface area contributed by atoms with Crippen molar-refractivity contribution >= 4 is 0 Å². The zero-order chi connectivity index (χ0) is 14.4. The largest absolute Gasteiger partial charge is 0.493 e. The van der Waals surface area contributed by atoms with Gasteiger partial charge in [-0.3, -0.25) is 4.84 Å². The number of hydrogen-bond donors (Lipinski definition) is 1. The minimum absolute atomic E-state index is 0.0169. The molecule has 0 aliphatic heterocycles. The van der Waals surface area contributed by atoms with E-state index in [1.54, 1.807) is 14.2 Å². The highest BCUT2D eigenvalue weighted by atomic mass is 16.7. The molecule has 0 spiro atoms. The number of nitrogens with one attached hydrogen (secondary N) is 1. The summed E-state index contributed by atoms with van der Waals surface area (Å²) >= 11 is 0. The zero-order valence-corrected chi connectivity index (χ0v) is 12.6. The Labute approximate surface area is 121 Å². The van der Waals surface area contributed by atoms with Crippen molar-refractivity contribution < 1.29 is 14.3 Å². The summed E-state index contributed by atoms with van der Waals surface area (Å²) in [4.78, 5) is 5.79. The van der Waals surface area contributed by atoms with Crippen molar-refractivity contribution in [3.8, 4) is 11.5 Å². The number of ether oxygens (including phenoxy) is 2. The molecule has 1 unspecified atom stereocenters. The predicted octanol–water partition coefficient (Wildman–Crippen LogP) is 3.62. The highest BCUT2D eigenvalue weighted by molar-refractivity contribution is 5.43. The van der Waals surface area contributed by atoms with Gasteiger partial charge in [0.15, 0.2) is 11.5 Å². The summed E-state index contributed by atoms with van der Waals surface area (Å²) in [6, 6.07) is 6.38. The maximum absolute atomic E-state index is 5.79. The molecule has 1 aliphatic rings. The second kappa shape index (κ2) is 7.50. The lowest BCUT2D eigenvalue weighted by molar-refractivity contribution is -0.0429. The second-order valence-corrected chi connectivity index (χ2v) is 5.33. The molecular weight excluding hydrogens is 254 g/mol. The van der Waals surface area contributed by atoms with Gasteiger partial charge < -0.3 is 9.47 Å². The zero-order valence-electron chi connectivity index (χ0n) is 12.6. The Bertz CT molecular complexity index is 416. The molecule has 1 aromatic rings. The third-order valence-corrected chi connectivity index (χ3v) is 3.89. The van der Waals surface area contributed by atoms with E-state index in [4.69, 9.17) is 14.3 Å². The smallest absolute Gasteiger partial charge is 0.161 e. The number of hydrogen-bond acceptors (Lipinski definition) is 4. The van der Waals surface area contributed by atoms with Crippen LogP contribution in [0, 0.1) is 0 Å². The Kier molecular flexibility index (Phi) is 5.68. The van der Waals surface area contributed by atoms with E-state index in [0.717, 1.165) is 17.1 Å². The standard InChI is InChI=1S/C16H25NO3/c1-12(20-17-14-7-5-4-6-8-14)13-9-10-15(18-2)16(11-13)19-3/h9-12,14,17H,4-8H2,1-3H3. The fourth-order valence-electron chi connectivity index (χ4n) is 2.59. The molecule has 1 atom stereocenters. The third kappa shape index (κ3) is 3.87. The first-order valence-electron chi connectivity index (χ1n) is 7.37. The maximum Gasteiger partial charge on any atom is 0.161 e. The number of hydroxylamine groups is 1. The van der Waals surface area contributed by atoms with Crippen molar-refractivity contribution in [1.29, 1.82) is 0 Å². The van der Waals surface area contributed by atoms with Crippen LogP contribution in [0.3, 0.4) is 0 Å². The molecule has 0 saturated heterocycles. The molecule has 1 saturated carbocycles. The van der Waals surface area contributed by atoms with Gasteiger partial charge >= 0.3 is 0 Å². The van der Waals surface area contributed by atoms with Gasteiger partial charge in [-0.15, -0.1) is 0 Å². The second-order valence-electron chi connectivity index (χ2n) is 5.33. The normalized spacial score (nSPS) is 17.8. The maximum atomic E-state index is 5.79. The monoisotopic (exact) mass is 279 g/mol. The van der Waals surface area contributed by atoms with Gasteiger partial charge in [0.2, 0.25) is 0 Å². The lowest BCUT2D eigenvalue weighted by Crippen LogP contribution is -2.31. The van der Waals surface area contributed by atoms with Crippen molar-refractivity contribution in [2.75, 3.05) is 14.2 Å². The van der Waals surface area contributed by atoms with Crippen molar-refractivity contribution in [2.45, 2.75) is 51.2 Å². The van der Waals surface area contributed by atoms with E-state index in [1.165, 1.54) is 32.1 Å². The lowest BCUT2D eigenvalue weighted by Gasteiger charge is -2.24. The fourth-order valence-corrected chi connectivity index (χ4v) is 2.59. The van der Waals surface area contributed by atoms with Gasteiger partial charge in [-0.1, -0.05) is 25.3 Å². The van der Waals surface area contributed by atoms with Gasteiger partial charge in [0.25, 0.3) is 0 Å². The molecule has 0 heterocycles. The van der Waals surface area contributed by atoms with E-state index < -0.39 is 0 Å². The molecule has 1 N–H and O–H groups in total. The van der Waals surface area contributed by atoms with Crippen molar-refractivity contribution in [3.05, 3.63) is 23.8 Å². The average Bonchev–Trinajstić information content (AvgIpc) is 2.52. The van der Waals surface area contributed by atoms with E-state index in [2.05, 4.69) is 5.48 Å². The highest BCUT2D eigenvalue weighted by Crippen LogP contribution is 2.30. The first-order chi connectivity index (χ1) is 9.74. The summed E-state index contributed by atoms with van der Waals surface area (Å²) in [6.45, 7) is 2.04. The van der Waals surface area contributed by atoms with Crippen LogP contribution in [0.5, 0.6) is 11.5 Å². The summed E-state index contributed by atoms with van der Waals surface area (Å²) in [7, 11) is 3.29. The van der Waals surface area contributed by atoms with Crippen molar-refractivity contribution in [2.24, 2.45) is 0 Å². The van der Waals surface area contributed by atoms with Crippen LogP contribution in [0.25, 0.3) is 0 Å². The van der Waals surface area contributed by atoms with Gasteiger partial charge in [0.05, 0.1) is 14.2 Å². The Hall–Kier alpha value is -1.26. The molecule has 0 radical (unpaired) electrons. The van der Waals surface area contributed by atoms with Crippen LogP contribution in [-0.4, -0.2) is 20.3 Å². The number of methoxy groups -OCH3 is 2. The molecule has 1 fully saturated rings. The number of benzene rings is 1. The van der Waals surface area contributed by atoms with Crippen LogP contribution in [-0.2, 0) is 4.84 Å². The fraction of sp³-hybridized carbons (Fsp3) is 0.625. The first-order valence-corrected chi connectivity index (χ1v) is 7.37. The Morgan fingerprint density at radius 3 is 2.40 bits per heavy atom. The van der Waals surface area contributed by atoms with Gasteiger partial charge in [-0.25, -0.2) is 0 Å². The van der Waals surface area contributed by atoms with E-state index in [1.807, 2.05) is 25.1 Å². The Morgan fingerprint density at radius 1 is 1.05 bits per heavy atom. The molecule has 4 nitrogen and oxygen atoms in total. The van der Waals surface area contributed by atoms with Gasteiger partial charge in [-0.05, 0) is 37.5 Å². The molecule has 0 aromatic heterocycles. The summed E-state index contributed by atoms with van der Waals surface area (Å²) < 4.78 is 10.6. The van der Waals surface area contributed by atoms with Crippen LogP contribution < -0.4 is 15.0 Å². The molecule has 1 aliphatic carbocycles. The topological polar surface area (TPSA) is 39.7 Å². The summed E-state index contributed by atoms with van der Waals surface area (Å²) in [5.74, 6) is 1.47. The Balaban J connectivity index is 1.92. The SMILES string of the molecule is COc1ccc(C(C)ONC2CCCCC2)cc1OC. The van der Waals surface area contributed by atoms with E-state index in [9.17, 15) is 0 Å². The molecule has 20 heavy (non-hydrogen) atoms. The summed E-state index contributed by atoms with van der Waals surface area (Å²) in [5, 5.41) is 0. The highest BCUT2D eigenvalue weighted by Gasteiger charge is 2.16. The van der Waals surface area contributed by atoms with Gasteiger partial charge in [0, 0.05) is 6.04 Å². The molecular formula is C16H25NO3. The van der Waals surface area contributed by atoms with Crippen molar-refractivity contribution in [1.82, 2.24) is 5.48 Å². The third-order valence-electron chi connectivity index (χ3n) is 3.89. The molecule has 2 rings (SSSR count). The summed E-state index contributed by atoms with van der Waals surface area (Å²) in [5.41, 5.74) is 4.29. The molecule has 0 bridgehead atoms. The van der Waals surface area contributed by atoms with E-state index in [-0.39, 0.29) is 6.10 Å². The van der Waals surface area contributed by atoms with Crippen LogP contribution in [0.4, 0.5) is 0 Å². The van der Waals surface area contributed by atoms with Gasteiger partial charge in [-0.2, -0.15) is 5.48 Å². The van der Waals surface area contributed by atoms with Crippen LogP contribution in [0.1, 0.15) is 50.7 Å². The molecule has 0 amide bonds. The first kappa shape index (κ1) is 15.1. The van der Waals surface area contributed by atoms with Crippen LogP contribution in [0.2, 0.25) is 0 Å². The quantitative estimate of drug-likeness (QED) is 0.807. The molecule has 1 aromatic carbocycles. The Morgan fingerprint density at radius 2 is 1.75 bits per heavy atom. The lowest BCUT2D eigenvalue weighted by atomic mass is 9.96. The van der Waals surface area contributed by atoms with E-state index in [0.29, 0.717) is 6.04 Å². The molecule has 4 heteroatoms.